The summed E-state index contributed by atoms with van der Waals surface area (Å²) in [7, 11) is 0. The average molecular weight is 270 g/mol. The van der Waals surface area contributed by atoms with Gasteiger partial charge in [0.25, 0.3) is 5.91 Å². The summed E-state index contributed by atoms with van der Waals surface area (Å²) in [6, 6.07) is 10.7. The monoisotopic (exact) mass is 270 g/mol. The van der Waals surface area contributed by atoms with Gasteiger partial charge in [0.15, 0.2) is 0 Å². The predicted octanol–water partition coefficient (Wildman–Crippen LogP) is 2.12. The summed E-state index contributed by atoms with van der Waals surface area (Å²) < 4.78 is 13.8. The van der Waals surface area contributed by atoms with E-state index in [0.29, 0.717) is 11.3 Å². The van der Waals surface area contributed by atoms with Crippen LogP contribution in [0.4, 0.5) is 21.5 Å². The molecule has 0 aromatic heterocycles. The van der Waals surface area contributed by atoms with Crippen molar-refractivity contribution in [3.05, 3.63) is 53.3 Å². The molecule has 0 fully saturated rings. The van der Waals surface area contributed by atoms with Crippen LogP contribution in [0.1, 0.15) is 15.9 Å². The normalized spacial score (nSPS) is 9.80. The molecule has 0 aliphatic heterocycles. The number of primary amides is 1. The van der Waals surface area contributed by atoms with Crippen LogP contribution in [0, 0.1) is 17.1 Å². The summed E-state index contributed by atoms with van der Waals surface area (Å²) in [6.07, 6.45) is 0. The van der Waals surface area contributed by atoms with E-state index in [1.165, 1.54) is 6.07 Å². The molecular formula is C14H11FN4O. The van der Waals surface area contributed by atoms with E-state index in [1.807, 2.05) is 6.07 Å². The molecule has 0 bridgehead atoms. The van der Waals surface area contributed by atoms with Gasteiger partial charge in [0.1, 0.15) is 5.82 Å². The predicted molar refractivity (Wildman–Crippen MR) is 73.8 cm³/mol. The van der Waals surface area contributed by atoms with Crippen LogP contribution in [0.3, 0.4) is 0 Å². The van der Waals surface area contributed by atoms with E-state index >= 15 is 0 Å². The molecule has 100 valence electrons. The van der Waals surface area contributed by atoms with E-state index in [9.17, 15) is 9.18 Å². The third-order valence-corrected chi connectivity index (χ3v) is 2.70. The second kappa shape index (κ2) is 5.28. The summed E-state index contributed by atoms with van der Waals surface area (Å²) in [5.74, 6) is -1.33. The molecule has 5 N–H and O–H groups in total. The molecule has 1 amide bonds. The number of halogens is 1. The van der Waals surface area contributed by atoms with Gasteiger partial charge in [-0.3, -0.25) is 4.79 Å². The minimum atomic E-state index is -0.731. The molecule has 0 heterocycles. The van der Waals surface area contributed by atoms with Crippen LogP contribution < -0.4 is 16.8 Å². The molecule has 0 spiro atoms. The van der Waals surface area contributed by atoms with Crippen molar-refractivity contribution in [2.45, 2.75) is 0 Å². The van der Waals surface area contributed by atoms with Gasteiger partial charge >= 0.3 is 0 Å². The highest BCUT2D eigenvalue weighted by atomic mass is 19.1. The fourth-order valence-corrected chi connectivity index (χ4v) is 1.68. The first-order chi connectivity index (χ1) is 9.51. The fraction of sp³-hybridized carbons (Fsp3) is 0. The van der Waals surface area contributed by atoms with Crippen LogP contribution in [-0.4, -0.2) is 5.91 Å². The number of amides is 1. The van der Waals surface area contributed by atoms with Crippen molar-refractivity contribution in [1.29, 1.82) is 5.26 Å². The van der Waals surface area contributed by atoms with Gasteiger partial charge in [-0.15, -0.1) is 0 Å². The molecule has 6 heteroatoms. The van der Waals surface area contributed by atoms with Crippen LogP contribution in [0.15, 0.2) is 36.4 Å². The number of benzene rings is 2. The van der Waals surface area contributed by atoms with Crippen LogP contribution >= 0.6 is 0 Å². The maximum absolute atomic E-state index is 13.8. The number of carbonyl (C=O) groups excluding carboxylic acids is 1. The van der Waals surface area contributed by atoms with Gasteiger partial charge in [0.2, 0.25) is 0 Å². The maximum atomic E-state index is 13.8. The minimum absolute atomic E-state index is 0.0135. The Bertz CT molecular complexity index is 704. The zero-order valence-corrected chi connectivity index (χ0v) is 10.4. The number of nitrogen functional groups attached to an aromatic ring is 1. The first kappa shape index (κ1) is 13.4. The first-order valence-electron chi connectivity index (χ1n) is 5.67. The molecule has 0 saturated carbocycles. The van der Waals surface area contributed by atoms with Gasteiger partial charge < -0.3 is 16.8 Å². The van der Waals surface area contributed by atoms with Gasteiger partial charge in [-0.2, -0.15) is 5.26 Å². The Hall–Kier alpha value is -3.07. The molecule has 0 atom stereocenters. The molecule has 0 radical (unpaired) electrons. The third-order valence-electron chi connectivity index (χ3n) is 2.70. The van der Waals surface area contributed by atoms with Gasteiger partial charge in [0.05, 0.1) is 22.9 Å². The Morgan fingerprint density at radius 1 is 1.25 bits per heavy atom. The minimum Gasteiger partial charge on any atom is -0.398 e. The SMILES string of the molecule is N#Cc1ccc(Nc2cc(C(N)=O)c(N)cc2F)cc1. The van der Waals surface area contributed by atoms with E-state index in [0.717, 1.165) is 6.07 Å². The van der Waals surface area contributed by atoms with Crippen LogP contribution in [0.5, 0.6) is 0 Å². The van der Waals surface area contributed by atoms with E-state index in [2.05, 4.69) is 5.32 Å². The number of nitrogens with zero attached hydrogens (tertiary/aromatic N) is 1. The molecule has 0 aliphatic carbocycles. The van der Waals surface area contributed by atoms with E-state index in [-0.39, 0.29) is 16.9 Å². The lowest BCUT2D eigenvalue weighted by Gasteiger charge is -2.10. The van der Waals surface area contributed by atoms with E-state index in [4.69, 9.17) is 16.7 Å². The number of carbonyl (C=O) groups is 1. The number of nitrogens with one attached hydrogen (secondary N) is 1. The topological polar surface area (TPSA) is 105 Å². The smallest absolute Gasteiger partial charge is 0.250 e. The molecule has 0 unspecified atom stereocenters. The lowest BCUT2D eigenvalue weighted by molar-refractivity contribution is 0.100. The maximum Gasteiger partial charge on any atom is 0.250 e. The lowest BCUT2D eigenvalue weighted by atomic mass is 10.1. The Kier molecular flexibility index (Phi) is 3.53. The Labute approximate surface area is 114 Å². The lowest BCUT2D eigenvalue weighted by Crippen LogP contribution is -2.14. The zero-order chi connectivity index (χ0) is 14.7. The highest BCUT2D eigenvalue weighted by Crippen LogP contribution is 2.25. The number of anilines is 3. The number of hydrogen-bond acceptors (Lipinski definition) is 4. The number of hydrogen-bond donors (Lipinski definition) is 3. The molecule has 0 saturated heterocycles. The van der Waals surface area contributed by atoms with Gasteiger partial charge in [0, 0.05) is 11.4 Å². The van der Waals surface area contributed by atoms with Crippen molar-refractivity contribution >= 4 is 23.0 Å². The molecule has 2 aromatic rings. The second-order valence-electron chi connectivity index (χ2n) is 4.10. The number of rotatable bonds is 3. The highest BCUT2D eigenvalue weighted by molar-refractivity contribution is 5.99. The molecule has 2 rings (SSSR count). The van der Waals surface area contributed by atoms with Crippen molar-refractivity contribution < 1.29 is 9.18 Å². The van der Waals surface area contributed by atoms with Gasteiger partial charge in [-0.05, 0) is 36.4 Å². The average Bonchev–Trinajstić information content (AvgIpc) is 2.42. The summed E-state index contributed by atoms with van der Waals surface area (Å²) in [5.41, 5.74) is 11.9. The van der Waals surface area contributed by atoms with Crippen LogP contribution in [-0.2, 0) is 0 Å². The van der Waals surface area contributed by atoms with E-state index in [1.54, 1.807) is 24.3 Å². The van der Waals surface area contributed by atoms with Crippen molar-refractivity contribution in [3.63, 3.8) is 0 Å². The molecule has 20 heavy (non-hydrogen) atoms. The Morgan fingerprint density at radius 2 is 1.90 bits per heavy atom. The molecular weight excluding hydrogens is 259 g/mol. The summed E-state index contributed by atoms with van der Waals surface area (Å²) in [5, 5.41) is 11.5. The molecule has 2 aromatic carbocycles. The molecule has 5 nitrogen and oxygen atoms in total. The third kappa shape index (κ3) is 2.67. The summed E-state index contributed by atoms with van der Waals surface area (Å²) in [4.78, 5) is 11.2. The Balaban J connectivity index is 2.35. The van der Waals surface area contributed by atoms with Crippen LogP contribution in [0.25, 0.3) is 0 Å². The quantitative estimate of drug-likeness (QED) is 0.743. The van der Waals surface area contributed by atoms with Crippen LogP contribution in [0.2, 0.25) is 0 Å². The Morgan fingerprint density at radius 3 is 2.45 bits per heavy atom. The largest absolute Gasteiger partial charge is 0.398 e. The van der Waals surface area contributed by atoms with Crippen molar-refractivity contribution in [2.24, 2.45) is 5.73 Å². The van der Waals surface area contributed by atoms with E-state index < -0.39 is 11.7 Å². The standard InChI is InChI=1S/C14H11FN4O/c15-11-6-12(17)10(14(18)20)5-13(11)19-9-3-1-8(7-16)2-4-9/h1-6,19H,17H2,(H2,18,20). The number of nitriles is 1. The van der Waals surface area contributed by atoms with Crippen molar-refractivity contribution in [3.8, 4) is 6.07 Å². The highest BCUT2D eigenvalue weighted by Gasteiger charge is 2.12. The first-order valence-corrected chi connectivity index (χ1v) is 5.67. The van der Waals surface area contributed by atoms with Crippen molar-refractivity contribution in [1.82, 2.24) is 0 Å². The summed E-state index contributed by atoms with van der Waals surface area (Å²) in [6.45, 7) is 0. The van der Waals surface area contributed by atoms with Crippen molar-refractivity contribution in [2.75, 3.05) is 11.1 Å². The van der Waals surface area contributed by atoms with Gasteiger partial charge in [-0.1, -0.05) is 0 Å². The second-order valence-corrected chi connectivity index (χ2v) is 4.10. The molecule has 0 aliphatic rings. The summed E-state index contributed by atoms with van der Waals surface area (Å²) >= 11 is 0. The number of nitrogens with two attached hydrogens (primary N) is 2. The zero-order valence-electron chi connectivity index (χ0n) is 10.4. The van der Waals surface area contributed by atoms with Gasteiger partial charge in [-0.25, -0.2) is 4.39 Å². The fourth-order valence-electron chi connectivity index (χ4n) is 1.68.